The number of phenols is 1. The minimum Gasteiger partial charge on any atom is -0.507 e. The molecule has 0 radical (unpaired) electrons. The molecule has 0 atom stereocenters. The second-order valence-corrected chi connectivity index (χ2v) is 6.55. The minimum absolute atomic E-state index is 0.0709. The molecule has 1 heterocycles. The molecule has 2 aromatic rings. The van der Waals surface area contributed by atoms with Gasteiger partial charge in [0.05, 0.1) is 5.56 Å². The maximum atomic E-state index is 12.4. The molecule has 122 valence electrons. The van der Waals surface area contributed by atoms with Crippen molar-refractivity contribution in [3.8, 4) is 11.5 Å². The van der Waals surface area contributed by atoms with Gasteiger partial charge >= 0.3 is 0 Å². The van der Waals surface area contributed by atoms with Crippen LogP contribution in [0.5, 0.6) is 11.5 Å². The van der Waals surface area contributed by atoms with Crippen LogP contribution in [0, 0.1) is 6.92 Å². The van der Waals surface area contributed by atoms with Gasteiger partial charge in [-0.3, -0.25) is 4.79 Å². The van der Waals surface area contributed by atoms with Gasteiger partial charge in [-0.25, -0.2) is 0 Å². The largest absolute Gasteiger partial charge is 0.507 e. The van der Waals surface area contributed by atoms with E-state index in [-0.39, 0.29) is 17.1 Å². The van der Waals surface area contributed by atoms with Crippen molar-refractivity contribution in [2.24, 2.45) is 0 Å². The standard InChI is InChI=1S/C21H20O3/c1-14-4-6-15(7-5-14)8-9-18(22)17-12-16-10-11-21(2,3)24-20(16)13-19(17)23/h4-13,23H,1-3H3/b9-8+. The van der Waals surface area contributed by atoms with E-state index in [1.807, 2.05) is 57.2 Å². The summed E-state index contributed by atoms with van der Waals surface area (Å²) in [6.07, 6.45) is 7.07. The van der Waals surface area contributed by atoms with Crippen molar-refractivity contribution in [2.75, 3.05) is 0 Å². The van der Waals surface area contributed by atoms with E-state index in [2.05, 4.69) is 0 Å². The zero-order valence-electron chi connectivity index (χ0n) is 14.0. The van der Waals surface area contributed by atoms with E-state index >= 15 is 0 Å². The van der Waals surface area contributed by atoms with Crippen molar-refractivity contribution in [3.63, 3.8) is 0 Å². The van der Waals surface area contributed by atoms with E-state index in [1.54, 1.807) is 12.1 Å². The van der Waals surface area contributed by atoms with E-state index in [0.29, 0.717) is 5.75 Å². The molecule has 0 aliphatic carbocycles. The average molecular weight is 320 g/mol. The summed E-state index contributed by atoms with van der Waals surface area (Å²) in [5, 5.41) is 10.2. The van der Waals surface area contributed by atoms with Crippen LogP contribution >= 0.6 is 0 Å². The van der Waals surface area contributed by atoms with Crippen molar-refractivity contribution < 1.29 is 14.6 Å². The predicted molar refractivity (Wildman–Crippen MR) is 96.4 cm³/mol. The second-order valence-electron chi connectivity index (χ2n) is 6.55. The highest BCUT2D eigenvalue weighted by Gasteiger charge is 2.23. The third kappa shape index (κ3) is 3.40. The normalized spacial score (nSPS) is 15.1. The number of allylic oxidation sites excluding steroid dienone is 1. The molecule has 0 aromatic heterocycles. The molecule has 0 saturated heterocycles. The molecule has 0 saturated carbocycles. The van der Waals surface area contributed by atoms with Crippen LogP contribution in [0.3, 0.4) is 0 Å². The highest BCUT2D eigenvalue weighted by Crippen LogP contribution is 2.35. The Bertz CT molecular complexity index is 840. The second kappa shape index (κ2) is 6.00. The molecular formula is C21H20O3. The summed E-state index contributed by atoms with van der Waals surface area (Å²) < 4.78 is 5.80. The topological polar surface area (TPSA) is 46.5 Å². The number of aryl methyl sites for hydroxylation is 1. The molecule has 0 unspecified atom stereocenters. The molecule has 24 heavy (non-hydrogen) atoms. The summed E-state index contributed by atoms with van der Waals surface area (Å²) in [4.78, 5) is 12.4. The molecule has 0 fully saturated rings. The first kappa shape index (κ1) is 16.1. The highest BCUT2D eigenvalue weighted by atomic mass is 16.5. The predicted octanol–water partition coefficient (Wildman–Crippen LogP) is 4.78. The fourth-order valence-corrected chi connectivity index (χ4v) is 2.55. The molecule has 3 nitrogen and oxygen atoms in total. The van der Waals surface area contributed by atoms with Gasteiger partial charge in [0.25, 0.3) is 0 Å². The van der Waals surface area contributed by atoms with Crippen LogP contribution in [0.15, 0.2) is 48.6 Å². The van der Waals surface area contributed by atoms with Crippen LogP contribution in [0.2, 0.25) is 0 Å². The van der Waals surface area contributed by atoms with Crippen molar-refractivity contribution in [2.45, 2.75) is 26.4 Å². The fraction of sp³-hybridized carbons (Fsp3) is 0.190. The van der Waals surface area contributed by atoms with Crippen LogP contribution in [-0.2, 0) is 0 Å². The lowest BCUT2D eigenvalue weighted by Crippen LogP contribution is -2.27. The van der Waals surface area contributed by atoms with Crippen molar-refractivity contribution in [3.05, 3.63) is 70.8 Å². The molecule has 2 aromatic carbocycles. The summed E-state index contributed by atoms with van der Waals surface area (Å²) in [5.41, 5.74) is 2.75. The number of ether oxygens (including phenoxy) is 1. The number of ketones is 1. The highest BCUT2D eigenvalue weighted by molar-refractivity contribution is 6.09. The van der Waals surface area contributed by atoms with E-state index < -0.39 is 5.60 Å². The van der Waals surface area contributed by atoms with E-state index in [4.69, 9.17) is 4.74 Å². The molecule has 0 amide bonds. The van der Waals surface area contributed by atoms with Crippen molar-refractivity contribution in [1.29, 1.82) is 0 Å². The SMILES string of the molecule is Cc1ccc(/C=C/C(=O)c2cc3c(cc2O)OC(C)(C)C=C3)cc1. The quantitative estimate of drug-likeness (QED) is 0.654. The van der Waals surface area contributed by atoms with Gasteiger partial charge in [-0.1, -0.05) is 42.0 Å². The number of carbonyl (C=O) groups is 1. The fourth-order valence-electron chi connectivity index (χ4n) is 2.55. The summed E-state index contributed by atoms with van der Waals surface area (Å²) in [6.45, 7) is 5.89. The maximum absolute atomic E-state index is 12.4. The van der Waals surface area contributed by atoms with Gasteiger partial charge in [0.1, 0.15) is 17.1 Å². The van der Waals surface area contributed by atoms with Crippen molar-refractivity contribution >= 4 is 17.9 Å². The van der Waals surface area contributed by atoms with Gasteiger partial charge in [-0.05, 0) is 44.6 Å². The first-order chi connectivity index (χ1) is 11.3. The number of carbonyl (C=O) groups excluding carboxylic acids is 1. The number of fused-ring (bicyclic) bond motifs is 1. The molecular weight excluding hydrogens is 300 g/mol. The van der Waals surface area contributed by atoms with Gasteiger partial charge in [0, 0.05) is 11.6 Å². The minimum atomic E-state index is -0.420. The van der Waals surface area contributed by atoms with E-state index in [9.17, 15) is 9.90 Å². The molecule has 3 heteroatoms. The van der Waals surface area contributed by atoms with Crippen LogP contribution in [0.1, 0.15) is 40.9 Å². The lowest BCUT2D eigenvalue weighted by Gasteiger charge is -2.28. The van der Waals surface area contributed by atoms with Crippen LogP contribution in [0.4, 0.5) is 0 Å². The maximum Gasteiger partial charge on any atom is 0.189 e. The molecule has 1 aliphatic heterocycles. The van der Waals surface area contributed by atoms with Gasteiger partial charge in [-0.15, -0.1) is 0 Å². The van der Waals surface area contributed by atoms with Gasteiger partial charge < -0.3 is 9.84 Å². The number of rotatable bonds is 3. The average Bonchev–Trinajstić information content (AvgIpc) is 2.52. The lowest BCUT2D eigenvalue weighted by atomic mass is 9.98. The third-order valence-electron chi connectivity index (χ3n) is 3.94. The number of phenolic OH excluding ortho intramolecular Hbond substituents is 1. The summed E-state index contributed by atoms with van der Waals surface area (Å²) >= 11 is 0. The smallest absolute Gasteiger partial charge is 0.189 e. The Morgan fingerprint density at radius 3 is 2.58 bits per heavy atom. The Kier molecular flexibility index (Phi) is 4.02. The number of benzene rings is 2. The van der Waals surface area contributed by atoms with Crippen LogP contribution in [0.25, 0.3) is 12.2 Å². The van der Waals surface area contributed by atoms with Crippen LogP contribution < -0.4 is 4.74 Å². The first-order valence-electron chi connectivity index (χ1n) is 7.88. The van der Waals surface area contributed by atoms with Crippen molar-refractivity contribution in [1.82, 2.24) is 0 Å². The zero-order chi connectivity index (χ0) is 17.3. The number of aromatic hydroxyl groups is 1. The zero-order valence-corrected chi connectivity index (χ0v) is 14.0. The number of hydrogen-bond acceptors (Lipinski definition) is 3. The summed E-state index contributed by atoms with van der Waals surface area (Å²) in [7, 11) is 0. The van der Waals surface area contributed by atoms with Crippen LogP contribution in [-0.4, -0.2) is 16.5 Å². The lowest BCUT2D eigenvalue weighted by molar-refractivity contribution is 0.104. The third-order valence-corrected chi connectivity index (χ3v) is 3.94. The summed E-state index contributed by atoms with van der Waals surface area (Å²) in [6, 6.07) is 11.1. The molecule has 0 spiro atoms. The first-order valence-corrected chi connectivity index (χ1v) is 7.88. The molecule has 3 rings (SSSR count). The van der Waals surface area contributed by atoms with E-state index in [0.717, 1.165) is 11.1 Å². The Labute approximate surface area is 141 Å². The summed E-state index contributed by atoms with van der Waals surface area (Å²) in [5.74, 6) is 0.270. The molecule has 1 N–H and O–H groups in total. The monoisotopic (exact) mass is 320 g/mol. The number of hydrogen-bond donors (Lipinski definition) is 1. The molecule has 1 aliphatic rings. The Morgan fingerprint density at radius 1 is 1.17 bits per heavy atom. The van der Waals surface area contributed by atoms with E-state index in [1.165, 1.54) is 17.7 Å². The van der Waals surface area contributed by atoms with Gasteiger partial charge in [0.2, 0.25) is 0 Å². The Morgan fingerprint density at radius 2 is 1.88 bits per heavy atom. The molecule has 0 bridgehead atoms. The van der Waals surface area contributed by atoms with Gasteiger partial charge in [0.15, 0.2) is 5.78 Å². The Hall–Kier alpha value is -2.81. The van der Waals surface area contributed by atoms with Gasteiger partial charge in [-0.2, -0.15) is 0 Å². The Balaban J connectivity index is 1.87.